The molecule has 6 N–H and O–H groups in total. The first-order valence-corrected chi connectivity index (χ1v) is 9.20. The van der Waals surface area contributed by atoms with Gasteiger partial charge in [0, 0.05) is 18.3 Å². The fourth-order valence-corrected chi connectivity index (χ4v) is 2.81. The van der Waals surface area contributed by atoms with Gasteiger partial charge in [0.05, 0.1) is 0 Å². The van der Waals surface area contributed by atoms with Gasteiger partial charge in [-0.3, -0.25) is 15.0 Å². The van der Waals surface area contributed by atoms with Crippen molar-refractivity contribution in [2.45, 2.75) is 19.5 Å². The minimum absolute atomic E-state index is 0.00309. The van der Waals surface area contributed by atoms with Crippen molar-refractivity contribution in [3.63, 3.8) is 0 Å². The summed E-state index contributed by atoms with van der Waals surface area (Å²) < 4.78 is 0. The average molecular weight is 389 g/mol. The number of rotatable bonds is 7. The summed E-state index contributed by atoms with van der Waals surface area (Å²) in [6.45, 7) is 1.95. The fourth-order valence-electron chi connectivity index (χ4n) is 2.81. The molecule has 1 aromatic heterocycles. The minimum atomic E-state index is -0.692. The number of amidine groups is 1. The maximum Gasteiger partial charge on any atom is 0.268 e. The molecule has 0 radical (unpaired) electrons. The summed E-state index contributed by atoms with van der Waals surface area (Å²) in [5, 5.41) is 12.9. The molecular weight excluding hydrogens is 366 g/mol. The quantitative estimate of drug-likeness (QED) is 0.315. The largest absolute Gasteiger partial charge is 0.384 e. The summed E-state index contributed by atoms with van der Waals surface area (Å²) in [6.07, 6.45) is 1.76. The van der Waals surface area contributed by atoms with Gasteiger partial charge in [0.25, 0.3) is 5.91 Å². The number of nitrogens with one attached hydrogen (secondary N) is 4. The lowest BCUT2D eigenvalue weighted by atomic mass is 10.1. The number of aromatic nitrogens is 1. The van der Waals surface area contributed by atoms with Crippen LogP contribution in [0.15, 0.2) is 66.9 Å². The van der Waals surface area contributed by atoms with Crippen LogP contribution < -0.4 is 16.4 Å². The molecule has 0 aliphatic heterocycles. The second-order valence-electron chi connectivity index (χ2n) is 6.69. The number of aromatic amines is 1. The van der Waals surface area contributed by atoms with Gasteiger partial charge in [0.1, 0.15) is 17.6 Å². The summed E-state index contributed by atoms with van der Waals surface area (Å²) in [5.41, 5.74) is 9.23. The van der Waals surface area contributed by atoms with Crippen LogP contribution in [0.1, 0.15) is 28.5 Å². The molecule has 0 bridgehead atoms. The van der Waals surface area contributed by atoms with Crippen LogP contribution in [0.2, 0.25) is 0 Å². The fraction of sp³-hybridized carbons (Fsp3) is 0.136. The Hall–Kier alpha value is -3.87. The van der Waals surface area contributed by atoms with E-state index in [1.54, 1.807) is 43.5 Å². The molecule has 0 unspecified atom stereocenters. The number of H-pyrrole nitrogens is 1. The van der Waals surface area contributed by atoms with Crippen molar-refractivity contribution in [1.82, 2.24) is 15.6 Å². The van der Waals surface area contributed by atoms with Crippen molar-refractivity contribution in [1.29, 1.82) is 5.41 Å². The van der Waals surface area contributed by atoms with Crippen LogP contribution in [0.3, 0.4) is 0 Å². The molecule has 3 aromatic rings. The molecule has 3 rings (SSSR count). The highest BCUT2D eigenvalue weighted by Crippen LogP contribution is 2.19. The Kier molecular flexibility index (Phi) is 6.09. The molecule has 0 spiro atoms. The van der Waals surface area contributed by atoms with Crippen LogP contribution >= 0.6 is 0 Å². The van der Waals surface area contributed by atoms with E-state index in [0.717, 1.165) is 16.7 Å². The van der Waals surface area contributed by atoms with Crippen molar-refractivity contribution < 1.29 is 9.59 Å². The van der Waals surface area contributed by atoms with Gasteiger partial charge in [-0.25, -0.2) is 0 Å². The van der Waals surface area contributed by atoms with Gasteiger partial charge in [-0.1, -0.05) is 54.6 Å². The smallest absolute Gasteiger partial charge is 0.268 e. The van der Waals surface area contributed by atoms with Gasteiger partial charge in [-0.2, -0.15) is 0 Å². The molecule has 29 heavy (non-hydrogen) atoms. The Morgan fingerprint density at radius 1 is 1.07 bits per heavy atom. The second kappa shape index (κ2) is 8.88. The van der Waals surface area contributed by atoms with Crippen LogP contribution in [-0.4, -0.2) is 28.7 Å². The second-order valence-corrected chi connectivity index (χ2v) is 6.69. The van der Waals surface area contributed by atoms with Crippen LogP contribution in [-0.2, 0) is 11.3 Å². The van der Waals surface area contributed by atoms with Crippen molar-refractivity contribution in [2.75, 3.05) is 0 Å². The number of amides is 2. The maximum atomic E-state index is 12.4. The Balaban J connectivity index is 1.53. The molecule has 0 saturated carbocycles. The predicted molar refractivity (Wildman–Crippen MR) is 112 cm³/mol. The molecule has 1 heterocycles. The monoisotopic (exact) mass is 389 g/mol. The number of carbonyl (C=O) groups is 2. The first kappa shape index (κ1) is 19.9. The number of hydrogen-bond acceptors (Lipinski definition) is 3. The number of benzene rings is 2. The van der Waals surface area contributed by atoms with E-state index in [-0.39, 0.29) is 17.6 Å². The Labute approximate surface area is 168 Å². The van der Waals surface area contributed by atoms with E-state index in [2.05, 4.69) is 15.6 Å². The topological polar surface area (TPSA) is 124 Å². The predicted octanol–water partition coefficient (Wildman–Crippen LogP) is 2.40. The first-order valence-electron chi connectivity index (χ1n) is 9.20. The minimum Gasteiger partial charge on any atom is -0.384 e. The van der Waals surface area contributed by atoms with Gasteiger partial charge in [-0.15, -0.1) is 0 Å². The highest BCUT2D eigenvalue weighted by atomic mass is 16.2. The van der Waals surface area contributed by atoms with Crippen molar-refractivity contribution in [3.8, 4) is 11.1 Å². The van der Waals surface area contributed by atoms with E-state index >= 15 is 0 Å². The molecule has 0 fully saturated rings. The average Bonchev–Trinajstić information content (AvgIpc) is 3.23. The van der Waals surface area contributed by atoms with Gasteiger partial charge in [0.15, 0.2) is 0 Å². The summed E-state index contributed by atoms with van der Waals surface area (Å²) in [6, 6.07) is 17.8. The molecule has 0 aliphatic carbocycles. The first-order chi connectivity index (χ1) is 13.9. The van der Waals surface area contributed by atoms with Crippen LogP contribution in [0, 0.1) is 5.41 Å². The third kappa shape index (κ3) is 5.10. The summed E-state index contributed by atoms with van der Waals surface area (Å²) in [5.74, 6) is -0.638. The molecule has 148 valence electrons. The highest BCUT2D eigenvalue weighted by Gasteiger charge is 2.17. The van der Waals surface area contributed by atoms with Crippen LogP contribution in [0.5, 0.6) is 0 Å². The molecular formula is C22H23N5O2. The SMILES string of the molecule is C[C@H](NC(=O)c1cc(-c2ccccc2)c[nH]1)C(=O)NCc1ccc(C(=N)N)cc1. The summed E-state index contributed by atoms with van der Waals surface area (Å²) in [7, 11) is 0. The molecule has 2 amide bonds. The Bertz CT molecular complexity index is 1010. The summed E-state index contributed by atoms with van der Waals surface area (Å²) in [4.78, 5) is 27.7. The molecule has 2 aromatic carbocycles. The maximum absolute atomic E-state index is 12.4. The lowest BCUT2D eigenvalue weighted by Gasteiger charge is -2.14. The number of nitrogen functional groups attached to an aromatic ring is 1. The zero-order chi connectivity index (χ0) is 20.8. The summed E-state index contributed by atoms with van der Waals surface area (Å²) >= 11 is 0. The highest BCUT2D eigenvalue weighted by molar-refractivity contribution is 5.97. The standard InChI is InChI=1S/C22H23N5O2/c1-14(21(28)26-12-15-7-9-17(10-8-15)20(23)24)27-22(29)19-11-18(13-25-19)16-5-3-2-4-6-16/h2-11,13-14,25H,12H2,1H3,(H3,23,24)(H,26,28)(H,27,29)/t14-/m0/s1. The van der Waals surface area contributed by atoms with Crippen molar-refractivity contribution in [3.05, 3.63) is 83.7 Å². The molecule has 7 nitrogen and oxygen atoms in total. The normalized spacial score (nSPS) is 11.5. The molecule has 0 aliphatic rings. The van der Waals surface area contributed by atoms with Gasteiger partial charge >= 0.3 is 0 Å². The molecule has 1 atom stereocenters. The third-order valence-corrected chi connectivity index (χ3v) is 4.51. The van der Waals surface area contributed by atoms with Crippen molar-refractivity contribution >= 4 is 17.6 Å². The van der Waals surface area contributed by atoms with Gasteiger partial charge < -0.3 is 21.4 Å². The zero-order valence-corrected chi connectivity index (χ0v) is 16.0. The lowest BCUT2D eigenvalue weighted by Crippen LogP contribution is -2.44. The Morgan fingerprint density at radius 3 is 2.41 bits per heavy atom. The van der Waals surface area contributed by atoms with Crippen LogP contribution in [0.25, 0.3) is 11.1 Å². The number of nitrogens with two attached hydrogens (primary N) is 1. The van der Waals surface area contributed by atoms with E-state index in [0.29, 0.717) is 17.8 Å². The lowest BCUT2D eigenvalue weighted by molar-refractivity contribution is -0.122. The van der Waals surface area contributed by atoms with E-state index < -0.39 is 6.04 Å². The van der Waals surface area contributed by atoms with E-state index in [9.17, 15) is 9.59 Å². The van der Waals surface area contributed by atoms with Gasteiger partial charge in [-0.05, 0) is 29.7 Å². The van der Waals surface area contributed by atoms with Crippen molar-refractivity contribution in [2.24, 2.45) is 5.73 Å². The van der Waals surface area contributed by atoms with E-state index in [1.165, 1.54) is 0 Å². The number of hydrogen-bond donors (Lipinski definition) is 5. The van der Waals surface area contributed by atoms with Crippen LogP contribution in [0.4, 0.5) is 0 Å². The van der Waals surface area contributed by atoms with Gasteiger partial charge in [0.2, 0.25) is 5.91 Å². The Morgan fingerprint density at radius 2 is 1.76 bits per heavy atom. The number of carbonyl (C=O) groups excluding carboxylic acids is 2. The molecule has 7 heteroatoms. The third-order valence-electron chi connectivity index (χ3n) is 4.51. The molecule has 0 saturated heterocycles. The van der Waals surface area contributed by atoms with E-state index in [1.807, 2.05) is 30.3 Å². The van der Waals surface area contributed by atoms with E-state index in [4.69, 9.17) is 11.1 Å². The zero-order valence-electron chi connectivity index (χ0n) is 16.0.